The largest absolute Gasteiger partial charge is 0.345 e. The summed E-state index contributed by atoms with van der Waals surface area (Å²) in [6.07, 6.45) is 4.76. The molecule has 0 aromatic heterocycles. The molecule has 0 atom stereocenters. The third-order valence-corrected chi connectivity index (χ3v) is 16.1. The number of benzene rings is 12. The van der Waals surface area contributed by atoms with Crippen LogP contribution in [0.3, 0.4) is 0 Å². The maximum Gasteiger partial charge on any atom is 0.0467 e. The van der Waals surface area contributed by atoms with Crippen LogP contribution in [0.25, 0.3) is 88.0 Å². The third kappa shape index (κ3) is 7.82. The average molecular weight is 947 g/mol. The topological polar surface area (TPSA) is 6.48 Å². The summed E-state index contributed by atoms with van der Waals surface area (Å²) >= 11 is 0. The van der Waals surface area contributed by atoms with E-state index in [1.165, 1.54) is 147 Å². The summed E-state index contributed by atoms with van der Waals surface area (Å²) in [5, 5.41) is 7.60. The van der Waals surface area contributed by atoms with Crippen LogP contribution < -0.4 is 9.80 Å². The monoisotopic (exact) mass is 946 g/mol. The van der Waals surface area contributed by atoms with E-state index in [2.05, 4.69) is 266 Å². The minimum atomic E-state index is 1.11. The van der Waals surface area contributed by atoms with Crippen LogP contribution in [0.2, 0.25) is 0 Å². The van der Waals surface area contributed by atoms with Crippen molar-refractivity contribution in [1.29, 1.82) is 0 Å². The van der Waals surface area contributed by atoms with Gasteiger partial charge in [0.25, 0.3) is 0 Å². The number of rotatable bonds is 10. The van der Waals surface area contributed by atoms with E-state index in [-0.39, 0.29) is 0 Å². The molecule has 0 bridgehead atoms. The quantitative estimate of drug-likeness (QED) is 0.126. The second-order valence-corrected chi connectivity index (χ2v) is 20.5. The number of fused-ring (bicyclic) bond motifs is 8. The smallest absolute Gasteiger partial charge is 0.0467 e. The second kappa shape index (κ2) is 17.9. The predicted octanol–water partition coefficient (Wildman–Crippen LogP) is 19.2. The molecule has 2 heteroatoms. The van der Waals surface area contributed by atoms with E-state index >= 15 is 0 Å². The SMILES string of the molecule is Cc1ccc(-c2ccc(N(c3ccc(-c4ccc5c6ccc(-c7ccc(N(C)c8cccc(-c9ccc%10c(c9)CC%10)c8)cc7)cc6c6ccccc6c5c4)cc3)c3cccc(-c4ccc5c(c4)CC5)c3)cc2)cc1. The molecule has 74 heavy (non-hydrogen) atoms. The van der Waals surface area contributed by atoms with Crippen LogP contribution in [-0.2, 0) is 25.7 Å². The number of hydrogen-bond acceptors (Lipinski definition) is 2. The van der Waals surface area contributed by atoms with Gasteiger partial charge in [0, 0.05) is 35.5 Å². The Morgan fingerprint density at radius 1 is 0.243 bits per heavy atom. The van der Waals surface area contributed by atoms with Crippen molar-refractivity contribution in [1.82, 2.24) is 0 Å². The van der Waals surface area contributed by atoms with Gasteiger partial charge in [-0.05, 0) is 216 Å². The van der Waals surface area contributed by atoms with Crippen LogP contribution >= 0.6 is 0 Å². The van der Waals surface area contributed by atoms with Crippen LogP contribution in [0.5, 0.6) is 0 Å². The molecular weight excluding hydrogens is 893 g/mol. The Labute approximate surface area is 434 Å². The number of aryl methyl sites for hydroxylation is 5. The normalized spacial score (nSPS) is 12.5. The van der Waals surface area contributed by atoms with Crippen LogP contribution in [0, 0.1) is 6.92 Å². The van der Waals surface area contributed by atoms with Crippen molar-refractivity contribution in [2.45, 2.75) is 32.6 Å². The minimum Gasteiger partial charge on any atom is -0.345 e. The van der Waals surface area contributed by atoms with Crippen LogP contribution in [0.4, 0.5) is 28.4 Å². The lowest BCUT2D eigenvalue weighted by molar-refractivity contribution is 0.840. The first-order valence-corrected chi connectivity index (χ1v) is 26.2. The van der Waals surface area contributed by atoms with E-state index in [9.17, 15) is 0 Å². The van der Waals surface area contributed by atoms with Gasteiger partial charge in [-0.3, -0.25) is 0 Å². The van der Waals surface area contributed by atoms with Crippen molar-refractivity contribution >= 4 is 60.8 Å². The summed E-state index contributed by atoms with van der Waals surface area (Å²) in [5.74, 6) is 0. The first-order valence-electron chi connectivity index (χ1n) is 26.2. The fraction of sp³-hybridized carbons (Fsp3) is 0.0833. The lowest BCUT2D eigenvalue weighted by Gasteiger charge is -2.27. The van der Waals surface area contributed by atoms with E-state index in [1.807, 2.05) is 0 Å². The molecule has 352 valence electrons. The molecule has 2 aliphatic carbocycles. The van der Waals surface area contributed by atoms with Gasteiger partial charge in [0.1, 0.15) is 0 Å². The Morgan fingerprint density at radius 3 is 1.08 bits per heavy atom. The molecule has 0 aliphatic heterocycles. The molecule has 14 rings (SSSR count). The van der Waals surface area contributed by atoms with Crippen LogP contribution in [-0.4, -0.2) is 7.05 Å². The molecule has 12 aromatic rings. The van der Waals surface area contributed by atoms with E-state index in [1.54, 1.807) is 0 Å². The molecule has 0 amide bonds. The van der Waals surface area contributed by atoms with Crippen molar-refractivity contribution in [3.05, 3.63) is 270 Å². The van der Waals surface area contributed by atoms with Gasteiger partial charge in [0.05, 0.1) is 0 Å². The lowest BCUT2D eigenvalue weighted by Crippen LogP contribution is -2.10. The van der Waals surface area contributed by atoms with Crippen molar-refractivity contribution in [3.63, 3.8) is 0 Å². The van der Waals surface area contributed by atoms with Crippen molar-refractivity contribution in [2.24, 2.45) is 0 Å². The molecule has 12 aromatic carbocycles. The standard InChI is InChI=1S/C72H54N2/c1-47-13-15-48(16-14-47)49-27-35-63(36-28-49)74(66-10-6-8-55(44-66)59-24-20-51-18-22-57(51)42-59)64-37-29-53(30-38-64)61-32-40-70-69-39-31-60(45-71(69)67-11-3-4-12-68(67)72(70)46-61)52-25-33-62(34-26-52)73(2)65-9-5-7-54(43-65)58-23-19-50-17-21-56(50)41-58/h3-16,19-20,23-46H,17-18,21-22H2,1-2H3. The van der Waals surface area contributed by atoms with E-state index in [4.69, 9.17) is 0 Å². The summed E-state index contributed by atoms with van der Waals surface area (Å²) in [6.45, 7) is 2.14. The number of nitrogens with zero attached hydrogens (tertiary/aromatic N) is 2. The van der Waals surface area contributed by atoms with Gasteiger partial charge in [-0.2, -0.15) is 0 Å². The maximum absolute atomic E-state index is 2.40. The molecule has 0 spiro atoms. The summed E-state index contributed by atoms with van der Waals surface area (Å²) in [6, 6.07) is 90.8. The zero-order chi connectivity index (χ0) is 49.3. The molecule has 0 heterocycles. The highest BCUT2D eigenvalue weighted by Crippen LogP contribution is 2.43. The molecule has 0 unspecified atom stereocenters. The van der Waals surface area contributed by atoms with Crippen LogP contribution in [0.15, 0.2) is 243 Å². The average Bonchev–Trinajstić information content (AvgIpc) is 3.44. The molecule has 2 aliphatic rings. The summed E-state index contributed by atoms with van der Waals surface area (Å²) in [5.41, 5.74) is 25.2. The highest BCUT2D eigenvalue weighted by atomic mass is 15.1. The highest BCUT2D eigenvalue weighted by Gasteiger charge is 2.19. The van der Waals surface area contributed by atoms with Crippen molar-refractivity contribution in [3.8, 4) is 55.6 Å². The zero-order valence-corrected chi connectivity index (χ0v) is 41.8. The molecule has 0 N–H and O–H groups in total. The minimum absolute atomic E-state index is 1.11. The predicted molar refractivity (Wildman–Crippen MR) is 315 cm³/mol. The summed E-state index contributed by atoms with van der Waals surface area (Å²) in [4.78, 5) is 4.68. The Morgan fingerprint density at radius 2 is 0.608 bits per heavy atom. The number of hydrogen-bond donors (Lipinski definition) is 0. The highest BCUT2D eigenvalue weighted by molar-refractivity contribution is 6.26. The Hall–Kier alpha value is -8.98. The number of anilines is 5. The van der Waals surface area contributed by atoms with Crippen molar-refractivity contribution in [2.75, 3.05) is 16.8 Å². The van der Waals surface area contributed by atoms with E-state index in [0.717, 1.165) is 22.7 Å². The fourth-order valence-electron chi connectivity index (χ4n) is 11.6. The fourth-order valence-corrected chi connectivity index (χ4v) is 11.6. The van der Waals surface area contributed by atoms with Crippen molar-refractivity contribution < 1.29 is 0 Å². The Balaban J connectivity index is 0.773. The summed E-state index contributed by atoms with van der Waals surface area (Å²) < 4.78 is 0. The molecule has 0 saturated carbocycles. The molecule has 0 radical (unpaired) electrons. The second-order valence-electron chi connectivity index (χ2n) is 20.5. The molecule has 0 fully saturated rings. The first-order chi connectivity index (χ1) is 36.4. The van der Waals surface area contributed by atoms with Gasteiger partial charge in [-0.25, -0.2) is 0 Å². The third-order valence-electron chi connectivity index (χ3n) is 16.1. The van der Waals surface area contributed by atoms with Gasteiger partial charge in [0.2, 0.25) is 0 Å². The first kappa shape index (κ1) is 43.8. The molecular formula is C72H54N2. The van der Waals surface area contributed by atoms with Crippen LogP contribution in [0.1, 0.15) is 27.8 Å². The van der Waals surface area contributed by atoms with Gasteiger partial charge in [-0.15, -0.1) is 0 Å². The maximum atomic E-state index is 2.40. The summed E-state index contributed by atoms with van der Waals surface area (Å²) in [7, 11) is 2.16. The van der Waals surface area contributed by atoms with Gasteiger partial charge in [0.15, 0.2) is 0 Å². The zero-order valence-electron chi connectivity index (χ0n) is 41.8. The Kier molecular flexibility index (Phi) is 10.6. The molecule has 2 nitrogen and oxygen atoms in total. The Bertz CT molecular complexity index is 4110. The van der Waals surface area contributed by atoms with Gasteiger partial charge in [-0.1, -0.05) is 175 Å². The van der Waals surface area contributed by atoms with E-state index < -0.39 is 0 Å². The lowest BCUT2D eigenvalue weighted by atomic mass is 9.86. The van der Waals surface area contributed by atoms with Gasteiger partial charge < -0.3 is 9.80 Å². The van der Waals surface area contributed by atoms with E-state index in [0.29, 0.717) is 0 Å². The van der Waals surface area contributed by atoms with Gasteiger partial charge >= 0.3 is 0 Å². The molecule has 0 saturated heterocycles.